The van der Waals surface area contributed by atoms with Gasteiger partial charge in [0.25, 0.3) is 5.56 Å². The molecule has 0 aliphatic carbocycles. The van der Waals surface area contributed by atoms with Gasteiger partial charge in [0.05, 0.1) is 42.4 Å². The molecular weight excluding hydrogens is 531 g/mol. The fourth-order valence-corrected chi connectivity index (χ4v) is 5.11. The summed E-state index contributed by atoms with van der Waals surface area (Å²) in [6, 6.07) is 12.4. The zero-order chi connectivity index (χ0) is 25.3. The second kappa shape index (κ2) is 10.6. The summed E-state index contributed by atoms with van der Waals surface area (Å²) in [5.74, 6) is 1.52. The third-order valence-electron chi connectivity index (χ3n) is 5.40. The Hall–Kier alpha value is -2.58. The summed E-state index contributed by atoms with van der Waals surface area (Å²) in [4.78, 5) is 18.8. The normalized spacial score (nSPS) is 11.1. The predicted molar refractivity (Wildman–Crippen MR) is 143 cm³/mol. The van der Waals surface area contributed by atoms with E-state index in [1.807, 2.05) is 19.1 Å². The number of rotatable bonds is 7. The van der Waals surface area contributed by atoms with Crippen LogP contribution in [0.2, 0.25) is 15.1 Å². The van der Waals surface area contributed by atoms with Gasteiger partial charge in [-0.1, -0.05) is 58.7 Å². The van der Waals surface area contributed by atoms with E-state index < -0.39 is 0 Å². The molecule has 0 bridgehead atoms. The van der Waals surface area contributed by atoms with Gasteiger partial charge in [-0.2, -0.15) is 0 Å². The Balaban J connectivity index is 2.00. The van der Waals surface area contributed by atoms with Gasteiger partial charge in [0.2, 0.25) is 5.75 Å². The van der Waals surface area contributed by atoms with Crippen LogP contribution in [0.3, 0.4) is 0 Å². The van der Waals surface area contributed by atoms with Crippen molar-refractivity contribution in [3.8, 4) is 22.9 Å². The molecule has 0 radical (unpaired) electrons. The number of aromatic nitrogens is 2. The average molecular weight is 552 g/mol. The van der Waals surface area contributed by atoms with Gasteiger partial charge in [-0.05, 0) is 48.4 Å². The van der Waals surface area contributed by atoms with Gasteiger partial charge in [-0.15, -0.1) is 0 Å². The van der Waals surface area contributed by atoms with E-state index in [2.05, 4.69) is 0 Å². The molecule has 0 aliphatic rings. The van der Waals surface area contributed by atoms with Crippen LogP contribution in [0.1, 0.15) is 11.1 Å². The van der Waals surface area contributed by atoms with Gasteiger partial charge < -0.3 is 14.2 Å². The predicted octanol–water partition coefficient (Wildman–Crippen LogP) is 6.97. The first-order valence-electron chi connectivity index (χ1n) is 10.4. The number of fused-ring (bicyclic) bond motifs is 1. The lowest BCUT2D eigenvalue weighted by atomic mass is 10.1. The third-order valence-corrected chi connectivity index (χ3v) is 7.38. The fourth-order valence-electron chi connectivity index (χ4n) is 3.68. The van der Waals surface area contributed by atoms with Gasteiger partial charge in [0.15, 0.2) is 16.7 Å². The monoisotopic (exact) mass is 550 g/mol. The van der Waals surface area contributed by atoms with Crippen LogP contribution in [-0.4, -0.2) is 30.9 Å². The summed E-state index contributed by atoms with van der Waals surface area (Å²) >= 11 is 19.9. The largest absolute Gasteiger partial charge is 0.493 e. The molecule has 0 unspecified atom stereocenters. The summed E-state index contributed by atoms with van der Waals surface area (Å²) < 4.78 is 18.1. The zero-order valence-corrected chi connectivity index (χ0v) is 22.4. The van der Waals surface area contributed by atoms with Crippen LogP contribution in [0.25, 0.3) is 16.6 Å². The molecule has 0 aliphatic heterocycles. The standard InChI is InChI=1S/C25H21Cl3N2O4S/c1-13-5-7-15(26)10-19(13)30-24(31)16-11-20(32-2)22(33-3)23(34-4)21(16)29-25(30)35-12-14-6-8-17(27)18(28)9-14/h5-11H,12H2,1-4H3. The number of methoxy groups -OCH3 is 3. The molecule has 1 aromatic heterocycles. The summed E-state index contributed by atoms with van der Waals surface area (Å²) in [6.45, 7) is 1.91. The quantitative estimate of drug-likeness (QED) is 0.183. The molecular formula is C25H21Cl3N2O4S. The van der Waals surface area contributed by atoms with Gasteiger partial charge in [-0.3, -0.25) is 9.36 Å². The molecule has 0 amide bonds. The number of ether oxygens (including phenoxy) is 3. The van der Waals surface area contributed by atoms with Crippen LogP contribution in [0.4, 0.5) is 0 Å². The molecule has 0 spiro atoms. The topological polar surface area (TPSA) is 62.6 Å². The Morgan fingerprint density at radius 1 is 0.914 bits per heavy atom. The molecule has 0 atom stereocenters. The molecule has 3 aromatic carbocycles. The summed E-state index contributed by atoms with van der Waals surface area (Å²) in [6.07, 6.45) is 0. The Kier molecular flexibility index (Phi) is 7.71. The number of thioether (sulfide) groups is 1. The number of hydrogen-bond acceptors (Lipinski definition) is 6. The molecule has 4 aromatic rings. The fraction of sp³-hybridized carbons (Fsp3) is 0.200. The zero-order valence-electron chi connectivity index (χ0n) is 19.3. The van der Waals surface area contributed by atoms with Crippen LogP contribution in [-0.2, 0) is 5.75 Å². The maximum absolute atomic E-state index is 13.9. The summed E-state index contributed by atoms with van der Waals surface area (Å²) in [7, 11) is 4.49. The lowest BCUT2D eigenvalue weighted by molar-refractivity contribution is 0.326. The summed E-state index contributed by atoms with van der Waals surface area (Å²) in [5.41, 5.74) is 2.48. The summed E-state index contributed by atoms with van der Waals surface area (Å²) in [5, 5.41) is 2.20. The molecule has 0 fully saturated rings. The molecule has 6 nitrogen and oxygen atoms in total. The number of benzene rings is 3. The molecule has 4 rings (SSSR count). The molecule has 35 heavy (non-hydrogen) atoms. The Morgan fingerprint density at radius 2 is 1.66 bits per heavy atom. The molecule has 10 heteroatoms. The number of aryl methyl sites for hydroxylation is 1. The van der Waals surface area contributed by atoms with Crippen molar-refractivity contribution in [1.29, 1.82) is 0 Å². The minimum absolute atomic E-state index is 0.295. The van der Waals surface area contributed by atoms with Gasteiger partial charge in [0.1, 0.15) is 5.52 Å². The molecule has 1 heterocycles. The minimum Gasteiger partial charge on any atom is -0.493 e. The van der Waals surface area contributed by atoms with Gasteiger partial charge in [0, 0.05) is 10.8 Å². The van der Waals surface area contributed by atoms with E-state index in [0.29, 0.717) is 59.8 Å². The Labute approximate surface area is 221 Å². The van der Waals surface area contributed by atoms with E-state index in [1.54, 1.807) is 34.9 Å². The highest BCUT2D eigenvalue weighted by Gasteiger charge is 2.23. The first kappa shape index (κ1) is 25.5. The van der Waals surface area contributed by atoms with Crippen molar-refractivity contribution < 1.29 is 14.2 Å². The van der Waals surface area contributed by atoms with Crippen molar-refractivity contribution in [3.05, 3.63) is 79.0 Å². The van der Waals surface area contributed by atoms with Crippen molar-refractivity contribution in [2.75, 3.05) is 21.3 Å². The van der Waals surface area contributed by atoms with E-state index in [4.69, 9.17) is 54.0 Å². The van der Waals surface area contributed by atoms with E-state index in [1.165, 1.54) is 33.1 Å². The maximum atomic E-state index is 13.9. The van der Waals surface area contributed by atoms with Crippen LogP contribution < -0.4 is 19.8 Å². The van der Waals surface area contributed by atoms with Crippen LogP contribution >= 0.6 is 46.6 Å². The molecule has 0 saturated carbocycles. The van der Waals surface area contributed by atoms with Crippen molar-refractivity contribution in [3.63, 3.8) is 0 Å². The SMILES string of the molecule is COc1cc2c(=O)n(-c3cc(Cl)ccc3C)c(SCc3ccc(Cl)c(Cl)c3)nc2c(OC)c1OC. The lowest BCUT2D eigenvalue weighted by Gasteiger charge is -2.18. The first-order valence-corrected chi connectivity index (χ1v) is 12.5. The lowest BCUT2D eigenvalue weighted by Crippen LogP contribution is -2.23. The maximum Gasteiger partial charge on any atom is 0.266 e. The highest BCUT2D eigenvalue weighted by atomic mass is 35.5. The van der Waals surface area contributed by atoms with Crippen LogP contribution in [0.15, 0.2) is 52.4 Å². The van der Waals surface area contributed by atoms with Crippen molar-refractivity contribution in [1.82, 2.24) is 9.55 Å². The number of nitrogens with zero attached hydrogens (tertiary/aromatic N) is 2. The van der Waals surface area contributed by atoms with E-state index >= 15 is 0 Å². The first-order chi connectivity index (χ1) is 16.8. The van der Waals surface area contributed by atoms with E-state index in [0.717, 1.165) is 11.1 Å². The number of hydrogen-bond donors (Lipinski definition) is 0. The van der Waals surface area contributed by atoms with E-state index in [9.17, 15) is 4.79 Å². The van der Waals surface area contributed by atoms with Crippen LogP contribution in [0.5, 0.6) is 17.2 Å². The van der Waals surface area contributed by atoms with Crippen molar-refractivity contribution in [2.24, 2.45) is 0 Å². The van der Waals surface area contributed by atoms with Gasteiger partial charge >= 0.3 is 0 Å². The van der Waals surface area contributed by atoms with Gasteiger partial charge in [-0.25, -0.2) is 4.98 Å². The molecule has 0 saturated heterocycles. The van der Waals surface area contributed by atoms with E-state index in [-0.39, 0.29) is 5.56 Å². The smallest absolute Gasteiger partial charge is 0.266 e. The number of halogens is 3. The third kappa shape index (κ3) is 4.91. The van der Waals surface area contributed by atoms with Crippen molar-refractivity contribution in [2.45, 2.75) is 17.8 Å². The second-order valence-electron chi connectivity index (χ2n) is 7.54. The highest BCUT2D eigenvalue weighted by Crippen LogP contribution is 2.42. The minimum atomic E-state index is -0.295. The molecule has 0 N–H and O–H groups in total. The Bertz CT molecular complexity index is 1490. The average Bonchev–Trinajstić information content (AvgIpc) is 2.85. The molecule has 182 valence electrons. The highest BCUT2D eigenvalue weighted by molar-refractivity contribution is 7.98. The second-order valence-corrected chi connectivity index (χ2v) is 9.74. The Morgan fingerprint density at radius 3 is 2.31 bits per heavy atom. The van der Waals surface area contributed by atoms with Crippen molar-refractivity contribution >= 4 is 57.5 Å². The van der Waals surface area contributed by atoms with Crippen LogP contribution in [0, 0.1) is 6.92 Å².